The van der Waals surface area contributed by atoms with Crippen molar-refractivity contribution in [3.8, 4) is 11.3 Å². The molecule has 0 fully saturated rings. The zero-order valence-corrected chi connectivity index (χ0v) is 15.0. The zero-order valence-electron chi connectivity index (χ0n) is 14.2. The molecule has 24 heavy (non-hydrogen) atoms. The zero-order chi connectivity index (χ0) is 17.2. The Balaban J connectivity index is 1.60. The first kappa shape index (κ1) is 16.9. The lowest BCUT2D eigenvalue weighted by molar-refractivity contribution is 0.0552. The summed E-state index contributed by atoms with van der Waals surface area (Å²) in [5.41, 5.74) is 1.97. The number of aryl methyl sites for hydroxylation is 2. The van der Waals surface area contributed by atoms with Crippen LogP contribution in [0.3, 0.4) is 0 Å². The Morgan fingerprint density at radius 1 is 1.25 bits per heavy atom. The molecule has 4 nitrogen and oxygen atoms in total. The summed E-state index contributed by atoms with van der Waals surface area (Å²) in [7, 11) is 0. The van der Waals surface area contributed by atoms with Crippen molar-refractivity contribution >= 4 is 11.3 Å². The minimum Gasteiger partial charge on any atom is -0.466 e. The second kappa shape index (κ2) is 6.89. The van der Waals surface area contributed by atoms with Crippen molar-refractivity contribution in [3.63, 3.8) is 0 Å². The first-order valence-electron chi connectivity index (χ1n) is 7.96. The molecule has 3 aromatic rings. The lowest BCUT2D eigenvalue weighted by Crippen LogP contribution is -2.35. The average molecular weight is 342 g/mol. The molecule has 5 heteroatoms. The van der Waals surface area contributed by atoms with Gasteiger partial charge in [-0.05, 0) is 26.8 Å². The van der Waals surface area contributed by atoms with Crippen molar-refractivity contribution in [2.24, 2.45) is 0 Å². The van der Waals surface area contributed by atoms with Crippen molar-refractivity contribution < 1.29 is 9.52 Å². The Kier molecular flexibility index (Phi) is 4.85. The third kappa shape index (κ3) is 3.75. The van der Waals surface area contributed by atoms with Gasteiger partial charge in [-0.2, -0.15) is 0 Å². The first-order valence-corrected chi connectivity index (χ1v) is 8.84. The number of hydrogen-bond acceptors (Lipinski definition) is 5. The van der Waals surface area contributed by atoms with Crippen LogP contribution in [0.1, 0.15) is 29.0 Å². The molecule has 0 aliphatic rings. The van der Waals surface area contributed by atoms with Crippen LogP contribution in [0.4, 0.5) is 0 Å². The molecule has 0 aliphatic heterocycles. The first-order chi connectivity index (χ1) is 11.5. The summed E-state index contributed by atoms with van der Waals surface area (Å²) < 4.78 is 5.52. The lowest BCUT2D eigenvalue weighted by Gasteiger charge is -2.23. The van der Waals surface area contributed by atoms with Crippen LogP contribution in [0.5, 0.6) is 0 Å². The van der Waals surface area contributed by atoms with Crippen LogP contribution >= 0.6 is 11.3 Å². The SMILES string of the molecule is Cc1cc(C(C)(O)CNCc2nc(-c3ccccc3)cs2)c(C)o1. The summed E-state index contributed by atoms with van der Waals surface area (Å²) in [5, 5.41) is 17.1. The van der Waals surface area contributed by atoms with Crippen molar-refractivity contribution in [2.45, 2.75) is 32.9 Å². The van der Waals surface area contributed by atoms with Gasteiger partial charge < -0.3 is 14.8 Å². The molecule has 1 atom stereocenters. The Morgan fingerprint density at radius 3 is 2.67 bits per heavy atom. The van der Waals surface area contributed by atoms with E-state index in [1.807, 2.05) is 38.1 Å². The van der Waals surface area contributed by atoms with Gasteiger partial charge in [0.1, 0.15) is 22.1 Å². The van der Waals surface area contributed by atoms with Gasteiger partial charge in [0.05, 0.1) is 5.69 Å². The Bertz CT molecular complexity index is 806. The number of hydrogen-bond donors (Lipinski definition) is 2. The lowest BCUT2D eigenvalue weighted by atomic mass is 9.96. The van der Waals surface area contributed by atoms with E-state index in [1.54, 1.807) is 18.3 Å². The highest BCUT2D eigenvalue weighted by Gasteiger charge is 2.27. The Morgan fingerprint density at radius 2 is 2.00 bits per heavy atom. The van der Waals surface area contributed by atoms with Gasteiger partial charge in [-0.3, -0.25) is 0 Å². The van der Waals surface area contributed by atoms with Gasteiger partial charge in [-0.15, -0.1) is 11.3 Å². The smallest absolute Gasteiger partial charge is 0.107 e. The fourth-order valence-electron chi connectivity index (χ4n) is 2.81. The largest absolute Gasteiger partial charge is 0.466 e. The molecule has 2 aromatic heterocycles. The van der Waals surface area contributed by atoms with E-state index in [1.165, 1.54) is 0 Å². The van der Waals surface area contributed by atoms with Crippen LogP contribution in [-0.4, -0.2) is 16.6 Å². The maximum absolute atomic E-state index is 10.7. The van der Waals surface area contributed by atoms with E-state index >= 15 is 0 Å². The highest BCUT2D eigenvalue weighted by atomic mass is 32.1. The van der Waals surface area contributed by atoms with Gasteiger partial charge >= 0.3 is 0 Å². The second-order valence-electron chi connectivity index (χ2n) is 6.20. The normalized spacial score (nSPS) is 13.8. The topological polar surface area (TPSA) is 58.3 Å². The van der Waals surface area contributed by atoms with Crippen LogP contribution in [0.25, 0.3) is 11.3 Å². The van der Waals surface area contributed by atoms with E-state index in [0.717, 1.165) is 33.3 Å². The van der Waals surface area contributed by atoms with E-state index in [9.17, 15) is 5.11 Å². The molecule has 0 saturated carbocycles. The third-order valence-corrected chi connectivity index (χ3v) is 4.84. The van der Waals surface area contributed by atoms with Crippen molar-refractivity contribution in [1.82, 2.24) is 10.3 Å². The van der Waals surface area contributed by atoms with Gasteiger partial charge in [-0.25, -0.2) is 4.98 Å². The minimum atomic E-state index is -0.971. The highest BCUT2D eigenvalue weighted by Crippen LogP contribution is 2.27. The van der Waals surface area contributed by atoms with Crippen molar-refractivity contribution in [2.75, 3.05) is 6.54 Å². The van der Waals surface area contributed by atoms with Crippen LogP contribution in [0.2, 0.25) is 0 Å². The number of aromatic nitrogens is 1. The summed E-state index contributed by atoms with van der Waals surface area (Å²) in [6, 6.07) is 12.0. The van der Waals surface area contributed by atoms with Crippen LogP contribution in [-0.2, 0) is 12.1 Å². The summed E-state index contributed by atoms with van der Waals surface area (Å²) in [5.74, 6) is 1.58. The Labute approximate surface area is 146 Å². The van der Waals surface area contributed by atoms with Gasteiger partial charge in [-0.1, -0.05) is 30.3 Å². The minimum absolute atomic E-state index is 0.438. The van der Waals surface area contributed by atoms with E-state index in [-0.39, 0.29) is 0 Å². The van der Waals surface area contributed by atoms with Crippen LogP contribution in [0, 0.1) is 13.8 Å². The second-order valence-corrected chi connectivity index (χ2v) is 7.14. The molecule has 0 saturated heterocycles. The number of rotatable bonds is 6. The maximum Gasteiger partial charge on any atom is 0.107 e. The molecule has 2 heterocycles. The van der Waals surface area contributed by atoms with Gasteiger partial charge in [0.15, 0.2) is 0 Å². The molecule has 0 radical (unpaired) electrons. The molecule has 0 bridgehead atoms. The van der Waals surface area contributed by atoms with E-state index in [2.05, 4.69) is 27.8 Å². The van der Waals surface area contributed by atoms with Crippen molar-refractivity contribution in [3.05, 3.63) is 63.9 Å². The number of benzene rings is 1. The monoisotopic (exact) mass is 342 g/mol. The summed E-state index contributed by atoms with van der Waals surface area (Å²) >= 11 is 1.62. The predicted molar refractivity (Wildman–Crippen MR) is 97.0 cm³/mol. The standard InChI is InChI=1S/C19H22N2O2S/c1-13-9-16(14(2)23-13)19(3,22)12-20-10-18-21-17(11-24-18)15-7-5-4-6-8-15/h4-9,11,20,22H,10,12H2,1-3H3. The van der Waals surface area contributed by atoms with Gasteiger partial charge in [0.25, 0.3) is 0 Å². The molecule has 1 unspecified atom stereocenters. The Hall–Kier alpha value is -1.95. The quantitative estimate of drug-likeness (QED) is 0.710. The number of nitrogens with one attached hydrogen (secondary N) is 1. The highest BCUT2D eigenvalue weighted by molar-refractivity contribution is 7.09. The summed E-state index contributed by atoms with van der Waals surface area (Å²) in [6.07, 6.45) is 0. The number of nitrogens with zero attached hydrogens (tertiary/aromatic N) is 1. The molecule has 3 rings (SSSR count). The van der Waals surface area contributed by atoms with E-state index in [0.29, 0.717) is 13.1 Å². The maximum atomic E-state index is 10.7. The van der Waals surface area contributed by atoms with Crippen LogP contribution in [0.15, 0.2) is 46.2 Å². The van der Waals surface area contributed by atoms with Crippen molar-refractivity contribution in [1.29, 1.82) is 0 Å². The van der Waals surface area contributed by atoms with E-state index < -0.39 is 5.60 Å². The molecule has 2 N–H and O–H groups in total. The fraction of sp³-hybridized carbons (Fsp3) is 0.316. The number of thiazole rings is 1. The van der Waals surface area contributed by atoms with Gasteiger partial charge in [0, 0.05) is 29.6 Å². The average Bonchev–Trinajstić information content (AvgIpc) is 3.15. The van der Waals surface area contributed by atoms with E-state index in [4.69, 9.17) is 4.42 Å². The summed E-state index contributed by atoms with van der Waals surface area (Å²) in [4.78, 5) is 4.65. The van der Waals surface area contributed by atoms with Gasteiger partial charge in [0.2, 0.25) is 0 Å². The fourth-order valence-corrected chi connectivity index (χ4v) is 3.58. The summed E-state index contributed by atoms with van der Waals surface area (Å²) in [6.45, 7) is 6.63. The molecule has 0 amide bonds. The van der Waals surface area contributed by atoms with Crippen LogP contribution < -0.4 is 5.32 Å². The molecule has 1 aromatic carbocycles. The molecule has 0 aliphatic carbocycles. The predicted octanol–water partition coefficient (Wildman–Crippen LogP) is 4.02. The third-order valence-electron chi connectivity index (χ3n) is 3.99. The number of furan rings is 1. The molecular formula is C19H22N2O2S. The molecular weight excluding hydrogens is 320 g/mol. The molecule has 126 valence electrons. The number of aliphatic hydroxyl groups is 1. The molecule has 0 spiro atoms.